The molecule has 0 rings (SSSR count). The molecule has 0 amide bonds. The Labute approximate surface area is 132 Å². The fourth-order valence-electron chi connectivity index (χ4n) is 1.41. The van der Waals surface area contributed by atoms with E-state index in [9.17, 15) is 0 Å². The van der Waals surface area contributed by atoms with Crippen LogP contribution in [0.1, 0.15) is 13.8 Å². The second kappa shape index (κ2) is 12.6. The van der Waals surface area contributed by atoms with Gasteiger partial charge in [-0.25, -0.2) is 0 Å². The summed E-state index contributed by atoms with van der Waals surface area (Å²) < 4.78 is 0. The van der Waals surface area contributed by atoms with Gasteiger partial charge in [-0.15, -0.1) is 0 Å². The lowest BCUT2D eigenvalue weighted by Gasteiger charge is -2.12. The highest BCUT2D eigenvalue weighted by atomic mass is 14.1. The SMILES string of the molecule is C=C=C=C=C=CC(C=C=C=C=C=C)C(=C=C=C=C=C)C(C)C. The second-order valence-electron chi connectivity index (χ2n) is 4.16. The van der Waals surface area contributed by atoms with Gasteiger partial charge in [0.05, 0.1) is 0 Å². The summed E-state index contributed by atoms with van der Waals surface area (Å²) in [5.41, 5.74) is 33.2. The Balaban J connectivity index is 6.44. The first-order chi connectivity index (χ1) is 10.7. The van der Waals surface area contributed by atoms with Crippen LogP contribution in [0, 0.1) is 11.8 Å². The minimum atomic E-state index is -0.114. The largest absolute Gasteiger partial charge is 0.0687 e. The minimum Gasteiger partial charge on any atom is -0.0687 e. The van der Waals surface area contributed by atoms with E-state index in [0.717, 1.165) is 5.57 Å². The lowest BCUT2D eigenvalue weighted by molar-refractivity contribution is 0.699. The van der Waals surface area contributed by atoms with Crippen molar-refractivity contribution in [2.45, 2.75) is 13.8 Å². The molecule has 0 spiro atoms. The van der Waals surface area contributed by atoms with Gasteiger partial charge in [-0.05, 0) is 77.8 Å². The molecule has 0 radical (unpaired) electrons. The standard InChI is InChI=1S/C22H16/c1-6-9-12-15-17-21(18-16-13-10-7-2)22(20(4)5)19-14-11-8-3/h17-18,20-21H,1-3H2,4-5H3. The van der Waals surface area contributed by atoms with Crippen LogP contribution in [0.2, 0.25) is 0 Å². The van der Waals surface area contributed by atoms with Gasteiger partial charge in [0.25, 0.3) is 0 Å². The minimum absolute atomic E-state index is 0.114. The lowest BCUT2D eigenvalue weighted by atomic mass is 9.90. The highest BCUT2D eigenvalue weighted by molar-refractivity contribution is 5.21. The number of allylic oxidation sites excluding steroid dienone is 3. The summed E-state index contributed by atoms with van der Waals surface area (Å²) in [5, 5.41) is 0. The monoisotopic (exact) mass is 280 g/mol. The van der Waals surface area contributed by atoms with E-state index < -0.39 is 0 Å². The zero-order valence-corrected chi connectivity index (χ0v) is 12.9. The number of hydrogen-bond donors (Lipinski definition) is 0. The van der Waals surface area contributed by atoms with Gasteiger partial charge in [0.2, 0.25) is 0 Å². The lowest BCUT2D eigenvalue weighted by Crippen LogP contribution is -2.02. The molecule has 0 saturated carbocycles. The Bertz CT molecular complexity index is 827. The van der Waals surface area contributed by atoms with Crippen LogP contribution in [0.3, 0.4) is 0 Å². The van der Waals surface area contributed by atoms with Crippen LogP contribution in [0.4, 0.5) is 0 Å². The molecule has 0 aromatic carbocycles. The smallest absolute Gasteiger partial charge is 0.0406 e. The fraction of sp³-hybridized carbons (Fsp3) is 0.182. The molecule has 0 N–H and O–H groups in total. The first-order valence-corrected chi connectivity index (χ1v) is 6.54. The first kappa shape index (κ1) is 18.6. The summed E-state index contributed by atoms with van der Waals surface area (Å²) in [6, 6.07) is 0. The zero-order chi connectivity index (χ0) is 16.6. The maximum Gasteiger partial charge on any atom is 0.0406 e. The van der Waals surface area contributed by atoms with Gasteiger partial charge in [-0.2, -0.15) is 0 Å². The summed E-state index contributed by atoms with van der Waals surface area (Å²) in [6.45, 7) is 14.4. The van der Waals surface area contributed by atoms with Gasteiger partial charge in [0, 0.05) is 5.92 Å². The topological polar surface area (TPSA) is 0 Å². The molecular formula is C22H16. The van der Waals surface area contributed by atoms with Crippen LogP contribution in [0.5, 0.6) is 0 Å². The molecule has 0 aliphatic carbocycles. The van der Waals surface area contributed by atoms with Gasteiger partial charge < -0.3 is 0 Å². The Morgan fingerprint density at radius 2 is 1.18 bits per heavy atom. The highest BCUT2D eigenvalue weighted by Crippen LogP contribution is 2.20. The van der Waals surface area contributed by atoms with Gasteiger partial charge in [-0.3, -0.25) is 0 Å². The van der Waals surface area contributed by atoms with E-state index in [2.05, 4.69) is 102 Å². The molecule has 0 aromatic rings. The average Bonchev–Trinajstić information content (AvgIpc) is 2.50. The van der Waals surface area contributed by atoms with E-state index in [1.807, 2.05) is 0 Å². The number of rotatable bonds is 4. The van der Waals surface area contributed by atoms with Crippen LogP contribution < -0.4 is 0 Å². The first-order valence-electron chi connectivity index (χ1n) is 6.54. The van der Waals surface area contributed by atoms with Gasteiger partial charge in [0.15, 0.2) is 0 Å². The fourth-order valence-corrected chi connectivity index (χ4v) is 1.41. The molecule has 0 aromatic heterocycles. The molecule has 0 aliphatic rings. The molecule has 0 fully saturated rings. The van der Waals surface area contributed by atoms with E-state index in [-0.39, 0.29) is 11.8 Å². The summed E-state index contributed by atoms with van der Waals surface area (Å²) in [4.78, 5) is 0. The van der Waals surface area contributed by atoms with Gasteiger partial charge >= 0.3 is 0 Å². The number of hydrogen-bond acceptors (Lipinski definition) is 0. The molecular weight excluding hydrogens is 264 g/mol. The maximum atomic E-state index is 3.44. The van der Waals surface area contributed by atoms with Gasteiger partial charge in [-0.1, -0.05) is 48.2 Å². The summed E-state index contributed by atoms with van der Waals surface area (Å²) in [7, 11) is 0. The second-order valence-corrected chi connectivity index (χ2v) is 4.16. The molecule has 0 atom stereocenters. The third-order valence-corrected chi connectivity index (χ3v) is 2.31. The van der Waals surface area contributed by atoms with E-state index in [1.54, 1.807) is 12.2 Å². The van der Waals surface area contributed by atoms with Crippen molar-refractivity contribution in [2.24, 2.45) is 11.8 Å². The zero-order valence-electron chi connectivity index (χ0n) is 12.9. The van der Waals surface area contributed by atoms with E-state index in [1.165, 1.54) is 0 Å². The molecule has 22 heavy (non-hydrogen) atoms. The van der Waals surface area contributed by atoms with Crippen LogP contribution in [0.15, 0.2) is 106 Å². The van der Waals surface area contributed by atoms with E-state index in [0.29, 0.717) is 0 Å². The van der Waals surface area contributed by atoms with Crippen molar-refractivity contribution in [3.63, 3.8) is 0 Å². The van der Waals surface area contributed by atoms with E-state index in [4.69, 9.17) is 0 Å². The molecule has 0 nitrogen and oxygen atoms in total. The quantitative estimate of drug-likeness (QED) is 0.632. The molecule has 0 saturated heterocycles. The average molecular weight is 280 g/mol. The third kappa shape index (κ3) is 8.64. The van der Waals surface area contributed by atoms with Crippen LogP contribution in [-0.2, 0) is 0 Å². The van der Waals surface area contributed by atoms with Crippen molar-refractivity contribution in [1.82, 2.24) is 0 Å². The van der Waals surface area contributed by atoms with Crippen LogP contribution in [0.25, 0.3) is 0 Å². The van der Waals surface area contributed by atoms with Crippen molar-refractivity contribution in [3.8, 4) is 0 Å². The van der Waals surface area contributed by atoms with Crippen molar-refractivity contribution in [2.75, 3.05) is 0 Å². The van der Waals surface area contributed by atoms with Crippen LogP contribution in [-0.4, -0.2) is 0 Å². The Morgan fingerprint density at radius 1 is 0.727 bits per heavy atom. The molecule has 0 aliphatic heterocycles. The molecule has 0 bridgehead atoms. The highest BCUT2D eigenvalue weighted by Gasteiger charge is 2.11. The van der Waals surface area contributed by atoms with Crippen molar-refractivity contribution in [3.05, 3.63) is 106 Å². The maximum absolute atomic E-state index is 3.44. The molecule has 0 heteroatoms. The Morgan fingerprint density at radius 3 is 1.59 bits per heavy atom. The van der Waals surface area contributed by atoms with Crippen molar-refractivity contribution in [1.29, 1.82) is 0 Å². The molecule has 104 valence electrons. The third-order valence-electron chi connectivity index (χ3n) is 2.31. The molecule has 0 heterocycles. The predicted octanol–water partition coefficient (Wildman–Crippen LogP) is 5.05. The normalized spacial score (nSPS) is 7.95. The van der Waals surface area contributed by atoms with Gasteiger partial charge in [0.1, 0.15) is 0 Å². The Kier molecular flexibility index (Phi) is 10.6. The van der Waals surface area contributed by atoms with Crippen molar-refractivity contribution >= 4 is 0 Å². The predicted molar refractivity (Wildman–Crippen MR) is 90.0 cm³/mol. The van der Waals surface area contributed by atoms with E-state index >= 15 is 0 Å². The Hall–Kier alpha value is -3.42. The summed E-state index contributed by atoms with van der Waals surface area (Å²) >= 11 is 0. The van der Waals surface area contributed by atoms with Crippen LogP contribution >= 0.6 is 0 Å². The van der Waals surface area contributed by atoms with Crippen molar-refractivity contribution < 1.29 is 0 Å². The molecule has 0 unspecified atom stereocenters. The summed E-state index contributed by atoms with van der Waals surface area (Å²) in [5.74, 6) is 0.121. The summed E-state index contributed by atoms with van der Waals surface area (Å²) in [6.07, 6.45) is 3.61.